The Bertz CT molecular complexity index is 795. The Balaban J connectivity index is 0.00000144. The van der Waals surface area contributed by atoms with Gasteiger partial charge in [0, 0.05) is 6.42 Å². The van der Waals surface area contributed by atoms with Gasteiger partial charge in [-0.15, -0.1) is 0 Å². The van der Waals surface area contributed by atoms with Crippen LogP contribution in [0.2, 0.25) is 0 Å². The van der Waals surface area contributed by atoms with E-state index in [1.165, 1.54) is 17.2 Å². The maximum absolute atomic E-state index is 11.6. The van der Waals surface area contributed by atoms with Gasteiger partial charge in [-0.2, -0.15) is 0 Å². The molecule has 0 amide bonds. The molecule has 3 rings (SSSR count). The number of phosphoric acid groups is 1. The average Bonchev–Trinajstić information content (AvgIpc) is 3.00. The summed E-state index contributed by atoms with van der Waals surface area (Å²) in [4.78, 5) is 39.3. The normalized spacial score (nSPS) is 24.7. The number of hydrogen-bond donors (Lipinski definition) is 4. The van der Waals surface area contributed by atoms with Crippen LogP contribution in [0.15, 0.2) is 17.4 Å². The number of H-pyrrole nitrogens is 1. The molecule has 1 fully saturated rings. The van der Waals surface area contributed by atoms with Crippen molar-refractivity contribution in [3.63, 3.8) is 0 Å². The number of aromatic amines is 1. The molecule has 1 aliphatic heterocycles. The molecule has 13 heteroatoms. The molecule has 23 heavy (non-hydrogen) atoms. The van der Waals surface area contributed by atoms with Crippen LogP contribution in [-0.2, 0) is 13.8 Å². The zero-order chi connectivity index (χ0) is 15.9. The number of hydrogen-bond acceptors (Lipinski definition) is 7. The van der Waals surface area contributed by atoms with Crippen molar-refractivity contribution >= 4 is 19.0 Å². The largest absolute Gasteiger partial charge is 1.00 e. The molecule has 1 aliphatic rings. The van der Waals surface area contributed by atoms with E-state index in [4.69, 9.17) is 14.5 Å². The van der Waals surface area contributed by atoms with Crippen LogP contribution in [0, 0.1) is 0 Å². The smallest absolute Gasteiger partial charge is 1.00 e. The van der Waals surface area contributed by atoms with Gasteiger partial charge >= 0.3 is 37.4 Å². The van der Waals surface area contributed by atoms with Crippen molar-refractivity contribution in [1.82, 2.24) is 19.5 Å². The molecular formula is C10H14N4NaO7P. The SMILES string of the molecule is O=c1[nH]cnc2c1ncn2[C@H]1C[C@H](O)[C@@H](COP(=O)(O)O)O1.[H-].[Na+]. The Morgan fingerprint density at radius 3 is 2.96 bits per heavy atom. The van der Waals surface area contributed by atoms with Crippen LogP contribution in [0.4, 0.5) is 0 Å². The van der Waals surface area contributed by atoms with Crippen molar-refractivity contribution in [3.8, 4) is 0 Å². The number of nitrogens with one attached hydrogen (secondary N) is 1. The van der Waals surface area contributed by atoms with Gasteiger partial charge in [0.2, 0.25) is 0 Å². The van der Waals surface area contributed by atoms with Gasteiger partial charge in [0.15, 0.2) is 11.2 Å². The van der Waals surface area contributed by atoms with Gasteiger partial charge in [-0.1, -0.05) is 0 Å². The number of imidazole rings is 1. The first-order valence-electron chi connectivity index (χ1n) is 6.29. The second-order valence-corrected chi connectivity index (χ2v) is 6.01. The summed E-state index contributed by atoms with van der Waals surface area (Å²) >= 11 is 0. The molecule has 1 saturated heterocycles. The molecule has 4 N–H and O–H groups in total. The third-order valence-electron chi connectivity index (χ3n) is 3.29. The maximum Gasteiger partial charge on any atom is 1.00 e. The van der Waals surface area contributed by atoms with E-state index in [2.05, 4.69) is 19.5 Å². The molecule has 3 atom stereocenters. The summed E-state index contributed by atoms with van der Waals surface area (Å²) in [5.74, 6) is 0. The Hall–Kier alpha value is -0.620. The van der Waals surface area contributed by atoms with Gasteiger partial charge in [-0.3, -0.25) is 13.9 Å². The fourth-order valence-electron chi connectivity index (χ4n) is 2.28. The van der Waals surface area contributed by atoms with Crippen LogP contribution >= 0.6 is 7.82 Å². The third-order valence-corrected chi connectivity index (χ3v) is 3.77. The van der Waals surface area contributed by atoms with Crippen LogP contribution in [0.25, 0.3) is 11.2 Å². The van der Waals surface area contributed by atoms with E-state index in [9.17, 15) is 14.5 Å². The summed E-state index contributed by atoms with van der Waals surface area (Å²) in [5.41, 5.74) is 0.0247. The van der Waals surface area contributed by atoms with Crippen LogP contribution in [0.5, 0.6) is 0 Å². The van der Waals surface area contributed by atoms with Crippen LogP contribution in [0.3, 0.4) is 0 Å². The molecule has 0 unspecified atom stereocenters. The van der Waals surface area contributed by atoms with Gasteiger partial charge in [0.25, 0.3) is 5.56 Å². The van der Waals surface area contributed by atoms with E-state index in [1.807, 2.05) is 0 Å². The number of aliphatic hydroxyl groups excluding tert-OH is 1. The monoisotopic (exact) mass is 356 g/mol. The van der Waals surface area contributed by atoms with Crippen molar-refractivity contribution in [2.75, 3.05) is 6.61 Å². The summed E-state index contributed by atoms with van der Waals surface area (Å²) in [6.07, 6.45) is 0.182. The number of ether oxygens (including phenoxy) is 1. The zero-order valence-corrected chi connectivity index (χ0v) is 15.0. The first kappa shape index (κ1) is 18.7. The first-order chi connectivity index (χ1) is 10.3. The molecule has 0 aromatic carbocycles. The fraction of sp³-hybridized carbons (Fsp3) is 0.500. The second kappa shape index (κ2) is 7.09. The van der Waals surface area contributed by atoms with Crippen molar-refractivity contribution in [2.45, 2.75) is 24.9 Å². The van der Waals surface area contributed by atoms with E-state index < -0.39 is 38.4 Å². The number of phosphoric ester groups is 1. The Morgan fingerprint density at radius 2 is 2.26 bits per heavy atom. The van der Waals surface area contributed by atoms with Crippen LogP contribution in [0.1, 0.15) is 14.1 Å². The second-order valence-electron chi connectivity index (χ2n) is 4.77. The van der Waals surface area contributed by atoms with Crippen LogP contribution < -0.4 is 35.1 Å². The van der Waals surface area contributed by atoms with Crippen LogP contribution in [-0.4, -0.2) is 53.2 Å². The standard InChI is InChI=1S/C10H13N4O7P.Na.H/c15-5-1-7(21-6(5)2-20-22(17,18)19)14-4-13-8-9(14)11-3-12-10(8)16;;/h3-7,15H,1-2H2,(H,11,12,16)(H2,17,18,19);;/q;+1;-1/t5-,6+,7+;;/m0../s1. The molecule has 11 nitrogen and oxygen atoms in total. The predicted octanol–water partition coefficient (Wildman–Crippen LogP) is -4.01. The summed E-state index contributed by atoms with van der Waals surface area (Å²) in [7, 11) is -4.64. The van der Waals surface area contributed by atoms with Gasteiger partial charge < -0.3 is 26.0 Å². The quantitative estimate of drug-likeness (QED) is 0.316. The molecule has 2 aromatic heterocycles. The van der Waals surface area contributed by atoms with Gasteiger partial charge in [0.05, 0.1) is 25.4 Å². The summed E-state index contributed by atoms with van der Waals surface area (Å²) in [6, 6.07) is 0. The predicted molar refractivity (Wildman–Crippen MR) is 71.8 cm³/mol. The van der Waals surface area contributed by atoms with Gasteiger partial charge in [-0.25, -0.2) is 14.5 Å². The topological polar surface area (TPSA) is 160 Å². The van der Waals surface area contributed by atoms with Crippen molar-refractivity contribution in [1.29, 1.82) is 0 Å². The molecule has 122 valence electrons. The summed E-state index contributed by atoms with van der Waals surface area (Å²) in [6.45, 7) is -0.456. The Kier molecular flexibility index (Phi) is 5.77. The molecule has 0 aliphatic carbocycles. The Labute approximate surface area is 152 Å². The minimum Gasteiger partial charge on any atom is -1.00 e. The van der Waals surface area contributed by atoms with Crippen molar-refractivity contribution in [3.05, 3.63) is 23.0 Å². The molecule has 2 aromatic rings. The van der Waals surface area contributed by atoms with Crippen molar-refractivity contribution < 1.29 is 59.7 Å². The van der Waals surface area contributed by atoms with E-state index in [-0.39, 0.29) is 48.6 Å². The van der Waals surface area contributed by atoms with E-state index in [1.54, 1.807) is 0 Å². The number of nitrogens with zero attached hydrogens (tertiary/aromatic N) is 3. The first-order valence-corrected chi connectivity index (χ1v) is 7.82. The number of aromatic nitrogens is 4. The average molecular weight is 356 g/mol. The third kappa shape index (κ3) is 4.08. The van der Waals surface area contributed by atoms with Gasteiger partial charge in [-0.05, 0) is 0 Å². The maximum atomic E-state index is 11.6. The zero-order valence-electron chi connectivity index (χ0n) is 13.1. The molecule has 0 saturated carbocycles. The molecule has 0 spiro atoms. The van der Waals surface area contributed by atoms with E-state index >= 15 is 0 Å². The number of aliphatic hydroxyl groups is 1. The number of rotatable bonds is 4. The minimum absolute atomic E-state index is 0. The van der Waals surface area contributed by atoms with Gasteiger partial charge in [0.1, 0.15) is 12.3 Å². The fourth-order valence-corrected chi connectivity index (χ4v) is 2.62. The summed E-state index contributed by atoms with van der Waals surface area (Å²) in [5, 5.41) is 9.90. The molecular weight excluding hydrogens is 342 g/mol. The van der Waals surface area contributed by atoms with E-state index in [0.717, 1.165) is 0 Å². The summed E-state index contributed by atoms with van der Waals surface area (Å²) < 4.78 is 22.0. The van der Waals surface area contributed by atoms with E-state index in [0.29, 0.717) is 0 Å². The number of fused-ring (bicyclic) bond motifs is 1. The molecule has 0 radical (unpaired) electrons. The van der Waals surface area contributed by atoms with Crippen molar-refractivity contribution in [2.24, 2.45) is 0 Å². The molecule has 0 bridgehead atoms. The Morgan fingerprint density at radius 1 is 1.52 bits per heavy atom. The molecule has 3 heterocycles. The minimum atomic E-state index is -4.64.